The van der Waals surface area contributed by atoms with E-state index in [-0.39, 0.29) is 23.6 Å². The lowest BCUT2D eigenvalue weighted by Gasteiger charge is -2.28. The topological polar surface area (TPSA) is 94.6 Å². The van der Waals surface area contributed by atoms with Crippen LogP contribution in [0.15, 0.2) is 41.0 Å². The summed E-state index contributed by atoms with van der Waals surface area (Å²) >= 11 is 2.14. The highest BCUT2D eigenvalue weighted by Gasteiger charge is 2.38. The molecule has 1 aliphatic rings. The molecule has 24 heavy (non-hydrogen) atoms. The Morgan fingerprint density at radius 2 is 2.21 bits per heavy atom. The van der Waals surface area contributed by atoms with E-state index < -0.39 is 11.9 Å². The maximum atomic E-state index is 12.5. The van der Waals surface area contributed by atoms with Gasteiger partial charge in [0.05, 0.1) is 25.2 Å². The van der Waals surface area contributed by atoms with E-state index in [2.05, 4.69) is 28.7 Å². The number of allylic oxidation sites excluding steroid dienone is 2. The third-order valence-corrected chi connectivity index (χ3v) is 4.56. The number of methoxy groups -OCH3 is 1. The Morgan fingerprint density at radius 1 is 1.50 bits per heavy atom. The van der Waals surface area contributed by atoms with Gasteiger partial charge in [0.15, 0.2) is 0 Å². The number of benzene rings is 1. The number of halogens is 1. The molecule has 0 aromatic heterocycles. The Bertz CT molecular complexity index is 777. The molecule has 2 N–H and O–H groups in total. The van der Waals surface area contributed by atoms with E-state index in [0.717, 1.165) is 3.57 Å². The predicted octanol–water partition coefficient (Wildman–Crippen LogP) is 2.94. The first-order valence-corrected chi connectivity index (χ1v) is 8.31. The molecule has 0 bridgehead atoms. The summed E-state index contributed by atoms with van der Waals surface area (Å²) in [5.74, 6) is -0.386. The quantitative estimate of drug-likeness (QED) is 0.572. The SMILES string of the molecule is CCOC(=O)C1=C(C)OC(N)=C(C#N)C1c1c(I)cccc1OC. The lowest BCUT2D eigenvalue weighted by molar-refractivity contribution is -0.139. The van der Waals surface area contributed by atoms with Crippen molar-refractivity contribution in [1.29, 1.82) is 5.26 Å². The van der Waals surface area contributed by atoms with Crippen LogP contribution in [-0.4, -0.2) is 19.7 Å². The van der Waals surface area contributed by atoms with Crippen molar-refractivity contribution in [1.82, 2.24) is 0 Å². The third kappa shape index (κ3) is 3.19. The highest BCUT2D eigenvalue weighted by molar-refractivity contribution is 14.1. The molecule has 2 rings (SSSR count). The van der Waals surface area contributed by atoms with Crippen molar-refractivity contribution in [2.45, 2.75) is 19.8 Å². The van der Waals surface area contributed by atoms with E-state index in [1.165, 1.54) is 7.11 Å². The Hall–Kier alpha value is -2.21. The molecule has 0 fully saturated rings. The normalized spacial score (nSPS) is 17.2. The number of hydrogen-bond donors (Lipinski definition) is 1. The van der Waals surface area contributed by atoms with E-state index in [9.17, 15) is 10.1 Å². The van der Waals surface area contributed by atoms with Gasteiger partial charge in [-0.25, -0.2) is 4.79 Å². The van der Waals surface area contributed by atoms with Gasteiger partial charge in [0.1, 0.15) is 23.2 Å². The molecule has 1 aliphatic heterocycles. The molecular formula is C17H17IN2O4. The molecule has 1 aromatic carbocycles. The molecule has 126 valence electrons. The van der Waals surface area contributed by atoms with Gasteiger partial charge in [0, 0.05) is 9.13 Å². The van der Waals surface area contributed by atoms with Crippen LogP contribution in [0.2, 0.25) is 0 Å². The summed E-state index contributed by atoms with van der Waals surface area (Å²) in [5, 5.41) is 9.58. The molecule has 6 nitrogen and oxygen atoms in total. The van der Waals surface area contributed by atoms with Crippen LogP contribution in [0, 0.1) is 14.9 Å². The second-order valence-corrected chi connectivity index (χ2v) is 6.13. The second kappa shape index (κ2) is 7.57. The van der Waals surface area contributed by atoms with Crippen LogP contribution in [-0.2, 0) is 14.3 Å². The van der Waals surface area contributed by atoms with Crippen LogP contribution in [0.4, 0.5) is 0 Å². The van der Waals surface area contributed by atoms with Crippen LogP contribution in [0.5, 0.6) is 5.75 Å². The first-order valence-electron chi connectivity index (χ1n) is 7.24. The zero-order valence-electron chi connectivity index (χ0n) is 13.6. The van der Waals surface area contributed by atoms with Crippen molar-refractivity contribution in [2.24, 2.45) is 5.73 Å². The third-order valence-electron chi connectivity index (χ3n) is 3.62. The summed E-state index contributed by atoms with van der Waals surface area (Å²) in [5.41, 5.74) is 6.99. The van der Waals surface area contributed by atoms with Crippen LogP contribution < -0.4 is 10.5 Å². The Balaban J connectivity index is 2.75. The predicted molar refractivity (Wildman–Crippen MR) is 95.7 cm³/mol. The lowest BCUT2D eigenvalue weighted by Crippen LogP contribution is -2.26. The van der Waals surface area contributed by atoms with Crippen LogP contribution >= 0.6 is 22.6 Å². The minimum absolute atomic E-state index is 0.0187. The van der Waals surface area contributed by atoms with Gasteiger partial charge in [0.2, 0.25) is 5.88 Å². The number of hydrogen-bond acceptors (Lipinski definition) is 6. The first kappa shape index (κ1) is 18.1. The summed E-state index contributed by atoms with van der Waals surface area (Å²) in [6.07, 6.45) is 0. The van der Waals surface area contributed by atoms with Gasteiger partial charge in [-0.05, 0) is 48.6 Å². The number of rotatable bonds is 4. The van der Waals surface area contributed by atoms with Crippen molar-refractivity contribution in [3.8, 4) is 11.8 Å². The summed E-state index contributed by atoms with van der Waals surface area (Å²) in [4.78, 5) is 12.5. The van der Waals surface area contributed by atoms with E-state index in [0.29, 0.717) is 17.1 Å². The van der Waals surface area contributed by atoms with Crippen LogP contribution in [0.25, 0.3) is 0 Å². The molecular weight excluding hydrogens is 423 g/mol. The molecule has 1 unspecified atom stereocenters. The van der Waals surface area contributed by atoms with Crippen molar-refractivity contribution in [3.63, 3.8) is 0 Å². The first-order chi connectivity index (χ1) is 11.5. The summed E-state index contributed by atoms with van der Waals surface area (Å²) in [7, 11) is 1.54. The van der Waals surface area contributed by atoms with E-state index in [4.69, 9.17) is 19.9 Å². The fourth-order valence-corrected chi connectivity index (χ4v) is 3.40. The van der Waals surface area contributed by atoms with Crippen molar-refractivity contribution >= 4 is 28.6 Å². The zero-order valence-corrected chi connectivity index (χ0v) is 15.7. The lowest BCUT2D eigenvalue weighted by atomic mass is 9.82. The van der Waals surface area contributed by atoms with Crippen molar-refractivity contribution in [3.05, 3.63) is 50.1 Å². The van der Waals surface area contributed by atoms with Gasteiger partial charge in [0.25, 0.3) is 0 Å². The number of nitrogens with zero attached hydrogens (tertiary/aromatic N) is 1. The molecule has 1 aromatic rings. The zero-order chi connectivity index (χ0) is 17.9. The van der Waals surface area contributed by atoms with Gasteiger partial charge in [-0.3, -0.25) is 0 Å². The highest BCUT2D eigenvalue weighted by Crippen LogP contribution is 2.44. The standard InChI is InChI=1S/C17H17IN2O4/c1-4-23-17(21)13-9(2)24-16(20)10(8-19)14(13)15-11(18)6-5-7-12(15)22-3/h5-7,14H,4,20H2,1-3H3. The van der Waals surface area contributed by atoms with Gasteiger partial charge in [-0.15, -0.1) is 0 Å². The number of esters is 1. The minimum Gasteiger partial charge on any atom is -0.496 e. The molecule has 7 heteroatoms. The molecule has 0 saturated carbocycles. The molecule has 0 aliphatic carbocycles. The second-order valence-electron chi connectivity index (χ2n) is 4.97. The highest BCUT2D eigenvalue weighted by atomic mass is 127. The molecule has 0 saturated heterocycles. The fourth-order valence-electron chi connectivity index (χ4n) is 2.62. The number of ether oxygens (including phenoxy) is 3. The van der Waals surface area contributed by atoms with Gasteiger partial charge < -0.3 is 19.9 Å². The smallest absolute Gasteiger partial charge is 0.338 e. The number of nitrogens with two attached hydrogens (primary N) is 1. The monoisotopic (exact) mass is 440 g/mol. The summed E-state index contributed by atoms with van der Waals surface area (Å²) in [6.45, 7) is 3.56. The van der Waals surface area contributed by atoms with E-state index in [1.807, 2.05) is 12.1 Å². The molecule has 0 spiro atoms. The average Bonchev–Trinajstić information content (AvgIpc) is 2.54. The molecule has 1 atom stereocenters. The maximum absolute atomic E-state index is 12.5. The molecule has 0 amide bonds. The van der Waals surface area contributed by atoms with Crippen LogP contribution in [0.3, 0.4) is 0 Å². The summed E-state index contributed by atoms with van der Waals surface area (Å²) < 4.78 is 16.8. The number of carbonyl (C=O) groups is 1. The Labute approximate surface area is 154 Å². The molecule has 0 radical (unpaired) electrons. The summed E-state index contributed by atoms with van der Waals surface area (Å²) in [6, 6.07) is 7.54. The van der Waals surface area contributed by atoms with E-state index >= 15 is 0 Å². The maximum Gasteiger partial charge on any atom is 0.338 e. The molecule has 1 heterocycles. The average molecular weight is 440 g/mol. The fraction of sp³-hybridized carbons (Fsp3) is 0.294. The van der Waals surface area contributed by atoms with Crippen LogP contribution in [0.1, 0.15) is 25.3 Å². The Kier molecular flexibility index (Phi) is 5.72. The van der Waals surface area contributed by atoms with Crippen molar-refractivity contribution < 1.29 is 19.0 Å². The van der Waals surface area contributed by atoms with Crippen molar-refractivity contribution in [2.75, 3.05) is 13.7 Å². The Morgan fingerprint density at radius 3 is 2.79 bits per heavy atom. The van der Waals surface area contributed by atoms with E-state index in [1.54, 1.807) is 19.9 Å². The van der Waals surface area contributed by atoms with Gasteiger partial charge in [-0.1, -0.05) is 6.07 Å². The number of carbonyl (C=O) groups excluding carboxylic acids is 1. The number of nitriles is 1. The van der Waals surface area contributed by atoms with Gasteiger partial charge in [-0.2, -0.15) is 5.26 Å². The largest absolute Gasteiger partial charge is 0.496 e. The minimum atomic E-state index is -0.703. The van der Waals surface area contributed by atoms with Gasteiger partial charge >= 0.3 is 5.97 Å².